The lowest BCUT2D eigenvalue weighted by atomic mass is 10.0. The van der Waals surface area contributed by atoms with Gasteiger partial charge in [0, 0.05) is 12.6 Å². The van der Waals surface area contributed by atoms with Gasteiger partial charge in [-0.05, 0) is 12.5 Å². The maximum Gasteiger partial charge on any atom is 0.509 e. The second-order valence-corrected chi connectivity index (χ2v) is 9.77. The van der Waals surface area contributed by atoms with Crippen LogP contribution < -0.4 is 11.2 Å². The Morgan fingerprint density at radius 3 is 2.16 bits per heavy atom. The predicted molar refractivity (Wildman–Crippen MR) is 134 cm³/mol. The maximum absolute atomic E-state index is 12.3. The number of carbonyl (C=O) groups is 2. The number of esters is 1. The third kappa shape index (κ3) is 8.99. The van der Waals surface area contributed by atoms with Crippen molar-refractivity contribution < 1.29 is 33.7 Å². The fourth-order valence-corrected chi connectivity index (χ4v) is 4.79. The smallest absolute Gasteiger partial charge is 0.463 e. The second-order valence-electron chi connectivity index (χ2n) is 9.77. The van der Waals surface area contributed by atoms with E-state index in [-0.39, 0.29) is 18.4 Å². The van der Waals surface area contributed by atoms with Crippen LogP contribution in [0.3, 0.4) is 0 Å². The summed E-state index contributed by atoms with van der Waals surface area (Å²) in [5.74, 6) is -0.372. The Bertz CT molecular complexity index is 908. The third-order valence-electron chi connectivity index (χ3n) is 6.86. The van der Waals surface area contributed by atoms with Gasteiger partial charge in [0.1, 0.15) is 12.7 Å². The number of ether oxygens (including phenoxy) is 4. The normalized spacial score (nSPS) is 22.4. The van der Waals surface area contributed by atoms with E-state index in [1.54, 1.807) is 5.48 Å². The van der Waals surface area contributed by atoms with E-state index in [1.807, 2.05) is 0 Å². The van der Waals surface area contributed by atoms with Crippen LogP contribution in [0.1, 0.15) is 103 Å². The number of aromatic nitrogens is 2. The number of hydrogen-bond acceptors (Lipinski definition) is 10. The molecule has 2 fully saturated rings. The number of nitrogens with zero attached hydrogens (tertiary/aromatic N) is 2. The Kier molecular flexibility index (Phi) is 12.2. The lowest BCUT2D eigenvalue weighted by Gasteiger charge is -2.18. The summed E-state index contributed by atoms with van der Waals surface area (Å²) in [4.78, 5) is 39.9. The van der Waals surface area contributed by atoms with Crippen LogP contribution in [0.5, 0.6) is 0 Å². The Hall–Kier alpha value is -2.66. The van der Waals surface area contributed by atoms with Gasteiger partial charge in [0.25, 0.3) is 0 Å². The summed E-state index contributed by atoms with van der Waals surface area (Å²) >= 11 is 0. The van der Waals surface area contributed by atoms with E-state index in [1.165, 1.54) is 76.5 Å². The monoisotopic (exact) mass is 523 g/mol. The highest BCUT2D eigenvalue weighted by Gasteiger charge is 2.55. The predicted octanol–water partition coefficient (Wildman–Crippen LogP) is 4.87. The van der Waals surface area contributed by atoms with Crippen LogP contribution in [0.4, 0.5) is 10.6 Å². The molecule has 11 nitrogen and oxygen atoms in total. The van der Waals surface area contributed by atoms with Crippen molar-refractivity contribution in [2.24, 2.45) is 0 Å². The largest absolute Gasteiger partial charge is 0.509 e. The van der Waals surface area contributed by atoms with Gasteiger partial charge in [0.2, 0.25) is 0 Å². The minimum Gasteiger partial charge on any atom is -0.463 e. The summed E-state index contributed by atoms with van der Waals surface area (Å²) in [6, 6.07) is 1.36. The van der Waals surface area contributed by atoms with E-state index in [0.717, 1.165) is 23.8 Å². The molecule has 0 spiro atoms. The van der Waals surface area contributed by atoms with E-state index in [4.69, 9.17) is 24.2 Å². The lowest BCUT2D eigenvalue weighted by Crippen LogP contribution is -2.34. The molecule has 0 aliphatic carbocycles. The fourth-order valence-electron chi connectivity index (χ4n) is 4.79. The Morgan fingerprint density at radius 1 is 0.973 bits per heavy atom. The highest BCUT2D eigenvalue weighted by molar-refractivity contribution is 5.69. The van der Waals surface area contributed by atoms with Crippen LogP contribution in [0, 0.1) is 0 Å². The topological polar surface area (TPSA) is 138 Å². The van der Waals surface area contributed by atoms with Gasteiger partial charge >= 0.3 is 17.8 Å². The van der Waals surface area contributed by atoms with Gasteiger partial charge in [-0.25, -0.2) is 9.59 Å². The Balaban J connectivity index is 1.29. The summed E-state index contributed by atoms with van der Waals surface area (Å²) in [6.07, 6.45) is 13.3. The van der Waals surface area contributed by atoms with Gasteiger partial charge in [0.15, 0.2) is 24.3 Å². The van der Waals surface area contributed by atoms with E-state index in [0.29, 0.717) is 6.42 Å². The molecule has 3 heterocycles. The average Bonchev–Trinajstić information content (AvgIpc) is 3.43. The van der Waals surface area contributed by atoms with E-state index >= 15 is 0 Å². The molecule has 11 heteroatoms. The zero-order valence-electron chi connectivity index (χ0n) is 21.8. The standard InChI is InChI=1S/C26H41N3O8/c1-2-3-4-5-6-7-8-9-10-11-12-13-14-15-21(30)34-18-19-22-23(37-26(32)36-22)24(35-19)29-17-16-20(28-33)27-25(29)31/h16-17,19,22-24,33H,2-15,18H2,1H3,(H,27,28,31)/t19-,22-,23-,24-/m1/s1. The first kappa shape index (κ1) is 28.9. The number of fused-ring (bicyclic) bond motifs is 1. The number of anilines is 1. The van der Waals surface area contributed by atoms with Crippen molar-refractivity contribution in [1.82, 2.24) is 9.55 Å². The molecule has 2 aliphatic rings. The molecular formula is C26H41N3O8. The van der Waals surface area contributed by atoms with Gasteiger partial charge in [0.05, 0.1) is 0 Å². The first-order chi connectivity index (χ1) is 18.0. The lowest BCUT2D eigenvalue weighted by molar-refractivity contribution is -0.151. The molecule has 0 aromatic carbocycles. The van der Waals surface area contributed by atoms with Gasteiger partial charge in [-0.2, -0.15) is 4.98 Å². The summed E-state index contributed by atoms with van der Waals surface area (Å²) in [6.45, 7) is 2.12. The molecule has 0 bridgehead atoms. The molecule has 0 amide bonds. The van der Waals surface area contributed by atoms with Crippen molar-refractivity contribution >= 4 is 17.9 Å². The molecule has 2 aliphatic heterocycles. The van der Waals surface area contributed by atoms with Crippen LogP contribution in [0.2, 0.25) is 0 Å². The summed E-state index contributed by atoms with van der Waals surface area (Å²) < 4.78 is 22.7. The number of rotatable bonds is 18. The van der Waals surface area contributed by atoms with E-state index in [2.05, 4.69) is 11.9 Å². The summed E-state index contributed by atoms with van der Waals surface area (Å²) in [5.41, 5.74) is 1.08. The van der Waals surface area contributed by atoms with Crippen molar-refractivity contribution in [1.29, 1.82) is 0 Å². The van der Waals surface area contributed by atoms with Gasteiger partial charge in [-0.15, -0.1) is 0 Å². The van der Waals surface area contributed by atoms with Crippen molar-refractivity contribution in [3.8, 4) is 0 Å². The molecule has 37 heavy (non-hydrogen) atoms. The van der Waals surface area contributed by atoms with Crippen LogP contribution >= 0.6 is 0 Å². The summed E-state index contributed by atoms with van der Waals surface area (Å²) in [5, 5.41) is 8.91. The third-order valence-corrected chi connectivity index (χ3v) is 6.86. The molecule has 3 rings (SSSR count). The minimum absolute atomic E-state index is 0.0332. The number of carbonyl (C=O) groups excluding carboxylic acids is 2. The molecule has 0 unspecified atom stereocenters. The Labute approximate surface area is 217 Å². The molecule has 1 aromatic heterocycles. The van der Waals surface area contributed by atoms with Gasteiger partial charge < -0.3 is 18.9 Å². The molecule has 1 aromatic rings. The first-order valence-electron chi connectivity index (χ1n) is 13.7. The Morgan fingerprint density at radius 2 is 1.57 bits per heavy atom. The number of unbranched alkanes of at least 4 members (excludes halogenated alkanes) is 12. The maximum atomic E-state index is 12.3. The van der Waals surface area contributed by atoms with Crippen molar-refractivity contribution in [3.63, 3.8) is 0 Å². The molecular weight excluding hydrogens is 482 g/mol. The van der Waals surface area contributed by atoms with Crippen LogP contribution in [-0.2, 0) is 23.7 Å². The molecule has 0 radical (unpaired) electrons. The zero-order chi connectivity index (χ0) is 26.5. The number of nitrogens with one attached hydrogen (secondary N) is 1. The zero-order valence-corrected chi connectivity index (χ0v) is 21.8. The van der Waals surface area contributed by atoms with Crippen LogP contribution in [0.15, 0.2) is 17.1 Å². The van der Waals surface area contributed by atoms with Crippen LogP contribution in [-0.4, -0.2) is 51.8 Å². The minimum atomic E-state index is -0.992. The highest BCUT2D eigenvalue weighted by Crippen LogP contribution is 2.37. The van der Waals surface area contributed by atoms with Crippen molar-refractivity contribution in [3.05, 3.63) is 22.7 Å². The summed E-state index contributed by atoms with van der Waals surface area (Å²) in [7, 11) is 0. The second kappa shape index (κ2) is 15.6. The van der Waals surface area contributed by atoms with Gasteiger partial charge in [-0.1, -0.05) is 84.0 Å². The molecule has 2 N–H and O–H groups in total. The van der Waals surface area contributed by atoms with E-state index < -0.39 is 36.4 Å². The number of hydrogen-bond donors (Lipinski definition) is 2. The molecule has 0 saturated carbocycles. The van der Waals surface area contributed by atoms with Crippen molar-refractivity contribution in [2.75, 3.05) is 12.1 Å². The quantitative estimate of drug-likeness (QED) is 0.156. The average molecular weight is 524 g/mol. The molecule has 208 valence electrons. The molecule has 4 atom stereocenters. The van der Waals surface area contributed by atoms with Crippen molar-refractivity contribution in [2.45, 2.75) is 121 Å². The van der Waals surface area contributed by atoms with Crippen LogP contribution in [0.25, 0.3) is 0 Å². The molecule has 2 saturated heterocycles. The van der Waals surface area contributed by atoms with Gasteiger partial charge in [-0.3, -0.25) is 20.0 Å². The van der Waals surface area contributed by atoms with E-state index in [9.17, 15) is 14.4 Å². The highest BCUT2D eigenvalue weighted by atomic mass is 16.8. The fraction of sp³-hybridized carbons (Fsp3) is 0.769. The first-order valence-corrected chi connectivity index (χ1v) is 13.7. The SMILES string of the molecule is CCCCCCCCCCCCCCCC(=O)OC[C@H]1O[C@@H](n2ccc(NO)nc2=O)[C@@H]2OC(=O)O[C@@H]21.